The van der Waals surface area contributed by atoms with Crippen LogP contribution in [0.1, 0.15) is 5.56 Å². The Labute approximate surface area is 119 Å². The average molecular weight is 288 g/mol. The Kier molecular flexibility index (Phi) is 3.25. The number of pyridine rings is 1. The quantitative estimate of drug-likeness (QED) is 0.723. The summed E-state index contributed by atoms with van der Waals surface area (Å²) < 4.78 is 38.4. The molecule has 0 saturated carbocycles. The molecule has 106 valence electrons. The maximum atomic E-state index is 12.8. The summed E-state index contributed by atoms with van der Waals surface area (Å²) in [5.41, 5.74) is 2.25. The number of halogens is 3. The van der Waals surface area contributed by atoms with E-state index in [9.17, 15) is 13.2 Å². The summed E-state index contributed by atoms with van der Waals surface area (Å²) >= 11 is 0. The maximum absolute atomic E-state index is 12.8. The molecule has 3 aromatic rings. The van der Waals surface area contributed by atoms with Crippen molar-refractivity contribution >= 4 is 0 Å². The SMILES string of the molecule is FC(F)(F)c1cccc(-c2[nH]ccc2-c2ccncc2)c1. The fourth-order valence-electron chi connectivity index (χ4n) is 2.23. The second kappa shape index (κ2) is 5.09. The van der Waals surface area contributed by atoms with E-state index >= 15 is 0 Å². The zero-order valence-electron chi connectivity index (χ0n) is 10.9. The number of alkyl halides is 3. The van der Waals surface area contributed by atoms with E-state index in [0.717, 1.165) is 23.3 Å². The van der Waals surface area contributed by atoms with Crippen molar-refractivity contribution in [2.24, 2.45) is 0 Å². The summed E-state index contributed by atoms with van der Waals surface area (Å²) in [4.78, 5) is 6.96. The fraction of sp³-hybridized carbons (Fsp3) is 0.0625. The summed E-state index contributed by atoms with van der Waals surface area (Å²) in [7, 11) is 0. The Morgan fingerprint density at radius 1 is 0.905 bits per heavy atom. The first-order valence-corrected chi connectivity index (χ1v) is 6.31. The van der Waals surface area contributed by atoms with Crippen LogP contribution in [0.2, 0.25) is 0 Å². The topological polar surface area (TPSA) is 28.7 Å². The van der Waals surface area contributed by atoms with E-state index in [-0.39, 0.29) is 0 Å². The molecule has 3 rings (SSSR count). The maximum Gasteiger partial charge on any atom is 0.416 e. The number of benzene rings is 1. The molecule has 0 aliphatic heterocycles. The molecule has 0 unspecified atom stereocenters. The highest BCUT2D eigenvalue weighted by Gasteiger charge is 2.30. The van der Waals surface area contributed by atoms with Crippen LogP contribution < -0.4 is 0 Å². The third-order valence-electron chi connectivity index (χ3n) is 3.22. The van der Waals surface area contributed by atoms with Crippen LogP contribution in [0.3, 0.4) is 0 Å². The smallest absolute Gasteiger partial charge is 0.361 e. The Bertz CT molecular complexity index is 745. The van der Waals surface area contributed by atoms with Crippen LogP contribution in [0.5, 0.6) is 0 Å². The highest BCUT2D eigenvalue weighted by molar-refractivity contribution is 5.81. The van der Waals surface area contributed by atoms with E-state index in [2.05, 4.69) is 9.97 Å². The van der Waals surface area contributed by atoms with Crippen molar-refractivity contribution in [3.8, 4) is 22.4 Å². The van der Waals surface area contributed by atoms with Crippen LogP contribution in [0.15, 0.2) is 61.1 Å². The van der Waals surface area contributed by atoms with E-state index in [4.69, 9.17) is 0 Å². The third-order valence-corrected chi connectivity index (χ3v) is 3.22. The molecule has 0 aliphatic rings. The van der Waals surface area contributed by atoms with Gasteiger partial charge in [-0.3, -0.25) is 4.98 Å². The molecule has 0 spiro atoms. The lowest BCUT2D eigenvalue weighted by atomic mass is 10.0. The normalized spacial score (nSPS) is 11.6. The Morgan fingerprint density at radius 3 is 2.38 bits per heavy atom. The summed E-state index contributed by atoms with van der Waals surface area (Å²) in [5.74, 6) is 0. The van der Waals surface area contributed by atoms with Crippen molar-refractivity contribution in [1.82, 2.24) is 9.97 Å². The molecule has 0 saturated heterocycles. The number of nitrogens with one attached hydrogen (secondary N) is 1. The lowest BCUT2D eigenvalue weighted by molar-refractivity contribution is -0.137. The molecule has 0 amide bonds. The van der Waals surface area contributed by atoms with Crippen molar-refractivity contribution in [1.29, 1.82) is 0 Å². The van der Waals surface area contributed by atoms with Gasteiger partial charge in [-0.25, -0.2) is 0 Å². The molecule has 2 heterocycles. The number of aromatic nitrogens is 2. The summed E-state index contributed by atoms with van der Waals surface area (Å²) in [6.07, 6.45) is 0.668. The molecule has 0 bridgehead atoms. The van der Waals surface area contributed by atoms with Crippen LogP contribution >= 0.6 is 0 Å². The molecule has 0 atom stereocenters. The zero-order valence-corrected chi connectivity index (χ0v) is 10.9. The number of aromatic amines is 1. The lowest BCUT2D eigenvalue weighted by Gasteiger charge is -2.09. The van der Waals surface area contributed by atoms with E-state index in [1.54, 1.807) is 24.7 Å². The fourth-order valence-corrected chi connectivity index (χ4v) is 2.23. The molecular weight excluding hydrogens is 277 g/mol. The van der Waals surface area contributed by atoms with Gasteiger partial charge >= 0.3 is 6.18 Å². The molecule has 0 fully saturated rings. The van der Waals surface area contributed by atoms with Gasteiger partial charge in [-0.1, -0.05) is 12.1 Å². The second-order valence-corrected chi connectivity index (χ2v) is 4.58. The van der Waals surface area contributed by atoms with Gasteiger partial charge in [-0.2, -0.15) is 13.2 Å². The van der Waals surface area contributed by atoms with Gasteiger partial charge in [-0.15, -0.1) is 0 Å². The van der Waals surface area contributed by atoms with E-state index in [1.165, 1.54) is 6.07 Å². The molecule has 0 radical (unpaired) electrons. The van der Waals surface area contributed by atoms with Gasteiger partial charge in [0.25, 0.3) is 0 Å². The van der Waals surface area contributed by atoms with Crippen LogP contribution in [-0.2, 0) is 6.18 Å². The van der Waals surface area contributed by atoms with E-state index in [1.807, 2.05) is 18.2 Å². The molecule has 1 aromatic carbocycles. The minimum atomic E-state index is -4.35. The lowest BCUT2D eigenvalue weighted by Crippen LogP contribution is -2.04. The number of hydrogen-bond donors (Lipinski definition) is 1. The monoisotopic (exact) mass is 288 g/mol. The summed E-state index contributed by atoms with van der Waals surface area (Å²) in [5, 5.41) is 0. The highest BCUT2D eigenvalue weighted by Crippen LogP contribution is 2.35. The van der Waals surface area contributed by atoms with Crippen LogP contribution in [0.4, 0.5) is 13.2 Å². The van der Waals surface area contributed by atoms with Crippen molar-refractivity contribution in [2.75, 3.05) is 0 Å². The number of rotatable bonds is 2. The van der Waals surface area contributed by atoms with Crippen LogP contribution in [0.25, 0.3) is 22.4 Å². The van der Waals surface area contributed by atoms with E-state index < -0.39 is 11.7 Å². The minimum absolute atomic E-state index is 0.502. The molecule has 1 N–H and O–H groups in total. The molecule has 2 aromatic heterocycles. The third kappa shape index (κ3) is 2.67. The molecule has 2 nitrogen and oxygen atoms in total. The second-order valence-electron chi connectivity index (χ2n) is 4.58. The van der Waals surface area contributed by atoms with Crippen molar-refractivity contribution < 1.29 is 13.2 Å². The Hall–Kier alpha value is -2.56. The number of nitrogens with zero attached hydrogens (tertiary/aromatic N) is 1. The average Bonchev–Trinajstić information content (AvgIpc) is 2.97. The van der Waals surface area contributed by atoms with Crippen molar-refractivity contribution in [2.45, 2.75) is 6.18 Å². The van der Waals surface area contributed by atoms with Crippen LogP contribution in [0, 0.1) is 0 Å². The highest BCUT2D eigenvalue weighted by atomic mass is 19.4. The molecular formula is C16H11F3N2. The van der Waals surface area contributed by atoms with E-state index in [0.29, 0.717) is 11.3 Å². The largest absolute Gasteiger partial charge is 0.416 e. The zero-order chi connectivity index (χ0) is 14.9. The molecule has 5 heteroatoms. The Morgan fingerprint density at radius 2 is 1.67 bits per heavy atom. The first-order chi connectivity index (χ1) is 10.1. The minimum Gasteiger partial charge on any atom is -0.361 e. The van der Waals surface area contributed by atoms with Gasteiger partial charge in [0.15, 0.2) is 0 Å². The van der Waals surface area contributed by atoms with Gasteiger partial charge in [0.05, 0.1) is 11.3 Å². The van der Waals surface area contributed by atoms with Crippen molar-refractivity contribution in [3.05, 3.63) is 66.6 Å². The van der Waals surface area contributed by atoms with Gasteiger partial charge in [-0.05, 0) is 41.5 Å². The van der Waals surface area contributed by atoms with Gasteiger partial charge < -0.3 is 4.98 Å². The molecule has 0 aliphatic carbocycles. The van der Waals surface area contributed by atoms with Gasteiger partial charge in [0, 0.05) is 24.2 Å². The predicted molar refractivity (Wildman–Crippen MR) is 74.5 cm³/mol. The van der Waals surface area contributed by atoms with Gasteiger partial charge in [0.2, 0.25) is 0 Å². The summed E-state index contributed by atoms with van der Waals surface area (Å²) in [6.45, 7) is 0. The first-order valence-electron chi connectivity index (χ1n) is 6.31. The number of H-pyrrole nitrogens is 1. The Balaban J connectivity index is 2.09. The summed E-state index contributed by atoms with van der Waals surface area (Å²) in [6, 6.07) is 10.8. The van der Waals surface area contributed by atoms with Crippen LogP contribution in [-0.4, -0.2) is 9.97 Å². The number of hydrogen-bond acceptors (Lipinski definition) is 1. The first kappa shape index (κ1) is 13.4. The van der Waals surface area contributed by atoms with Gasteiger partial charge in [0.1, 0.15) is 0 Å². The predicted octanol–water partition coefficient (Wildman–Crippen LogP) is 4.76. The molecule has 21 heavy (non-hydrogen) atoms. The standard InChI is InChI=1S/C16H11F3N2/c17-16(18,19)13-3-1-2-12(10-13)15-14(6-9-21-15)11-4-7-20-8-5-11/h1-10,21H. The van der Waals surface area contributed by atoms with Crippen molar-refractivity contribution in [3.63, 3.8) is 0 Å².